The molecule has 0 saturated carbocycles. The molecule has 0 saturated heterocycles. The number of alkyl halides is 3. The second-order valence-electron chi connectivity index (χ2n) is 6.54. The fourth-order valence-electron chi connectivity index (χ4n) is 2.65. The summed E-state index contributed by atoms with van der Waals surface area (Å²) in [6.45, 7) is 2.29. The van der Waals surface area contributed by atoms with Crippen LogP contribution in [0.2, 0.25) is 0 Å². The van der Waals surface area contributed by atoms with E-state index < -0.39 is 17.5 Å². The van der Waals surface area contributed by atoms with Gasteiger partial charge in [-0.05, 0) is 74.0 Å². The zero-order chi connectivity index (χ0) is 22.1. The molecule has 7 heteroatoms. The molecule has 0 bridgehead atoms. The number of nitrogens with zero attached hydrogens (tertiary/aromatic N) is 1. The van der Waals surface area contributed by atoms with Crippen molar-refractivity contribution in [2.45, 2.75) is 25.9 Å². The highest BCUT2D eigenvalue weighted by molar-refractivity contribution is 5.89. The fourth-order valence-corrected chi connectivity index (χ4v) is 2.65. The van der Waals surface area contributed by atoms with Crippen molar-refractivity contribution >= 4 is 5.71 Å². The Balaban J connectivity index is 2.26. The molecule has 0 amide bonds. The highest BCUT2D eigenvalue weighted by Crippen LogP contribution is 2.33. The van der Waals surface area contributed by atoms with Gasteiger partial charge >= 0.3 is 6.18 Å². The standard InChI is InChI=1S/C23H20F3N3O/c1-16(28)10-12-29-11-2-3-20-13-17(15-27)4-5-18(20)6-7-19-8-9-21(30)14-22(19)23(24,25)26/h4-5,8-10,12-14,28-30H,2-3,11H2,1H3/b12-10-,28-16?. The Hall–Kier alpha value is -3.71. The average molecular weight is 411 g/mol. The van der Waals surface area contributed by atoms with Gasteiger partial charge in [0.2, 0.25) is 0 Å². The minimum Gasteiger partial charge on any atom is -0.508 e. The van der Waals surface area contributed by atoms with Gasteiger partial charge in [0.25, 0.3) is 0 Å². The smallest absolute Gasteiger partial charge is 0.417 e. The summed E-state index contributed by atoms with van der Waals surface area (Å²) in [6, 6.07) is 9.88. The molecule has 30 heavy (non-hydrogen) atoms. The number of phenols is 1. The lowest BCUT2D eigenvalue weighted by Gasteiger charge is -2.09. The Kier molecular flexibility index (Phi) is 7.66. The molecule has 2 aromatic carbocycles. The lowest BCUT2D eigenvalue weighted by Crippen LogP contribution is -2.09. The van der Waals surface area contributed by atoms with Crippen LogP contribution in [0.15, 0.2) is 48.7 Å². The van der Waals surface area contributed by atoms with Gasteiger partial charge in [-0.2, -0.15) is 18.4 Å². The normalized spacial score (nSPS) is 10.9. The monoisotopic (exact) mass is 411 g/mol. The van der Waals surface area contributed by atoms with E-state index >= 15 is 0 Å². The molecule has 3 N–H and O–H groups in total. The van der Waals surface area contributed by atoms with Crippen LogP contribution < -0.4 is 5.32 Å². The number of hydrogen-bond donors (Lipinski definition) is 3. The Morgan fingerprint density at radius 3 is 2.53 bits per heavy atom. The molecule has 0 fully saturated rings. The Morgan fingerprint density at radius 1 is 1.17 bits per heavy atom. The van der Waals surface area contributed by atoms with Gasteiger partial charge in [-0.3, -0.25) is 0 Å². The maximum absolute atomic E-state index is 13.2. The number of rotatable bonds is 6. The number of allylic oxidation sites excluding steroid dienone is 1. The van der Waals surface area contributed by atoms with Crippen LogP contribution in [0.1, 0.15) is 41.2 Å². The topological polar surface area (TPSA) is 79.9 Å². The van der Waals surface area contributed by atoms with Gasteiger partial charge < -0.3 is 15.8 Å². The van der Waals surface area contributed by atoms with Gasteiger partial charge in [0, 0.05) is 23.4 Å². The average Bonchev–Trinajstić information content (AvgIpc) is 2.69. The molecule has 0 atom stereocenters. The molecular formula is C23H20F3N3O. The van der Waals surface area contributed by atoms with E-state index in [-0.39, 0.29) is 5.56 Å². The summed E-state index contributed by atoms with van der Waals surface area (Å²) in [7, 11) is 0. The first-order chi connectivity index (χ1) is 14.2. The zero-order valence-corrected chi connectivity index (χ0v) is 16.3. The third-order valence-corrected chi connectivity index (χ3v) is 4.09. The van der Waals surface area contributed by atoms with Crippen molar-refractivity contribution in [2.24, 2.45) is 0 Å². The maximum atomic E-state index is 13.2. The van der Waals surface area contributed by atoms with Gasteiger partial charge in [0.15, 0.2) is 0 Å². The molecule has 2 rings (SSSR count). The summed E-state index contributed by atoms with van der Waals surface area (Å²) in [5.74, 6) is 4.85. The van der Waals surface area contributed by atoms with Crippen molar-refractivity contribution in [1.82, 2.24) is 5.32 Å². The van der Waals surface area contributed by atoms with E-state index in [9.17, 15) is 18.3 Å². The highest BCUT2D eigenvalue weighted by atomic mass is 19.4. The SMILES string of the molecule is CC(=N)/C=C\NCCCc1cc(C#N)ccc1C#Cc1ccc(O)cc1C(F)(F)F. The number of halogens is 3. The van der Waals surface area contributed by atoms with Crippen LogP contribution >= 0.6 is 0 Å². The minimum atomic E-state index is -4.63. The van der Waals surface area contributed by atoms with Crippen molar-refractivity contribution in [3.05, 3.63) is 76.5 Å². The molecular weight excluding hydrogens is 391 g/mol. The lowest BCUT2D eigenvalue weighted by molar-refractivity contribution is -0.137. The molecule has 0 aromatic heterocycles. The van der Waals surface area contributed by atoms with E-state index in [2.05, 4.69) is 23.2 Å². The van der Waals surface area contributed by atoms with Crippen LogP contribution in [-0.2, 0) is 12.6 Å². The first-order valence-corrected chi connectivity index (χ1v) is 9.11. The second-order valence-corrected chi connectivity index (χ2v) is 6.54. The molecule has 4 nitrogen and oxygen atoms in total. The molecule has 0 spiro atoms. The Labute approximate surface area is 173 Å². The van der Waals surface area contributed by atoms with Crippen LogP contribution in [0.5, 0.6) is 5.75 Å². The molecule has 154 valence electrons. The van der Waals surface area contributed by atoms with Crippen molar-refractivity contribution in [2.75, 3.05) is 6.54 Å². The third-order valence-electron chi connectivity index (χ3n) is 4.09. The van der Waals surface area contributed by atoms with E-state index in [1.165, 1.54) is 0 Å². The van der Waals surface area contributed by atoms with Crippen LogP contribution in [-0.4, -0.2) is 17.4 Å². The van der Waals surface area contributed by atoms with E-state index in [0.717, 1.165) is 17.7 Å². The number of aromatic hydroxyl groups is 1. The summed E-state index contributed by atoms with van der Waals surface area (Å²) in [6.07, 6.45) is -0.0464. The molecule has 0 aliphatic carbocycles. The summed E-state index contributed by atoms with van der Waals surface area (Å²) < 4.78 is 39.6. The summed E-state index contributed by atoms with van der Waals surface area (Å²) in [5.41, 5.74) is 0.953. The van der Waals surface area contributed by atoms with Crippen LogP contribution in [0, 0.1) is 28.6 Å². The zero-order valence-electron chi connectivity index (χ0n) is 16.3. The van der Waals surface area contributed by atoms with Crippen molar-refractivity contribution < 1.29 is 18.3 Å². The van der Waals surface area contributed by atoms with Crippen molar-refractivity contribution in [3.63, 3.8) is 0 Å². The molecule has 0 radical (unpaired) electrons. The third kappa shape index (κ3) is 6.72. The number of nitrogens with one attached hydrogen (secondary N) is 2. The second kappa shape index (κ2) is 10.2. The fraction of sp³-hybridized carbons (Fsp3) is 0.217. The molecule has 0 unspecified atom stereocenters. The molecule has 2 aromatic rings. The summed E-state index contributed by atoms with van der Waals surface area (Å²) >= 11 is 0. The van der Waals surface area contributed by atoms with E-state index in [4.69, 9.17) is 10.7 Å². The summed E-state index contributed by atoms with van der Waals surface area (Å²) in [4.78, 5) is 0. The van der Waals surface area contributed by atoms with E-state index in [0.29, 0.717) is 42.3 Å². The number of hydrogen-bond acceptors (Lipinski definition) is 4. The Morgan fingerprint density at radius 2 is 1.87 bits per heavy atom. The number of phenolic OH excluding ortho intramolecular Hbond substituents is 1. The van der Waals surface area contributed by atoms with Crippen molar-refractivity contribution in [3.8, 4) is 23.7 Å². The predicted octanol–water partition coefficient (Wildman–Crippen LogP) is 4.76. The quantitative estimate of drug-likeness (QED) is 0.364. The van der Waals surface area contributed by atoms with Gasteiger partial charge in [0.05, 0.1) is 17.2 Å². The first-order valence-electron chi connectivity index (χ1n) is 9.11. The largest absolute Gasteiger partial charge is 0.508 e. The van der Waals surface area contributed by atoms with Crippen LogP contribution in [0.4, 0.5) is 13.2 Å². The molecule has 0 aliphatic rings. The van der Waals surface area contributed by atoms with Gasteiger partial charge in [0.1, 0.15) is 5.75 Å². The van der Waals surface area contributed by atoms with E-state index in [1.807, 2.05) is 0 Å². The molecule has 0 aliphatic heterocycles. The number of aryl methyl sites for hydroxylation is 1. The van der Waals surface area contributed by atoms with Crippen LogP contribution in [0.25, 0.3) is 0 Å². The number of nitriles is 1. The minimum absolute atomic E-state index is 0.232. The lowest BCUT2D eigenvalue weighted by atomic mass is 9.99. The highest BCUT2D eigenvalue weighted by Gasteiger charge is 2.33. The maximum Gasteiger partial charge on any atom is 0.417 e. The summed E-state index contributed by atoms with van der Waals surface area (Å²) in [5, 5.41) is 28.9. The van der Waals surface area contributed by atoms with E-state index in [1.54, 1.807) is 37.4 Å². The predicted molar refractivity (Wildman–Crippen MR) is 109 cm³/mol. The number of benzene rings is 2. The first kappa shape index (κ1) is 22.6. The van der Waals surface area contributed by atoms with Gasteiger partial charge in [-0.15, -0.1) is 0 Å². The van der Waals surface area contributed by atoms with Crippen LogP contribution in [0.3, 0.4) is 0 Å². The Bertz CT molecular complexity index is 1050. The van der Waals surface area contributed by atoms with Gasteiger partial charge in [-0.1, -0.05) is 11.8 Å². The van der Waals surface area contributed by atoms with Gasteiger partial charge in [-0.25, -0.2) is 0 Å². The molecule has 0 heterocycles. The van der Waals surface area contributed by atoms with Crippen molar-refractivity contribution in [1.29, 1.82) is 10.7 Å².